The minimum absolute atomic E-state index is 0.106. The first kappa shape index (κ1) is 17.5. The third-order valence-electron chi connectivity index (χ3n) is 3.48. The largest absolute Gasteiger partial charge is 0.368 e. The number of alkyl halides is 1. The molecule has 4 amide bonds. The lowest BCUT2D eigenvalue weighted by atomic mass is 10.1. The van der Waals surface area contributed by atoms with Crippen molar-refractivity contribution < 1.29 is 18.8 Å². The molecule has 0 unspecified atom stereocenters. The first-order valence-electron chi connectivity index (χ1n) is 6.73. The van der Waals surface area contributed by atoms with Crippen LogP contribution in [0.25, 0.3) is 0 Å². The fraction of sp³-hybridized carbons (Fsp3) is 0.357. The summed E-state index contributed by atoms with van der Waals surface area (Å²) in [5, 5.41) is 0.217. The number of hydrogen-bond acceptors (Lipinski definition) is 3. The van der Waals surface area contributed by atoms with E-state index in [1.807, 2.05) is 0 Å². The molecule has 0 radical (unpaired) electrons. The summed E-state index contributed by atoms with van der Waals surface area (Å²) in [7, 11) is 0. The van der Waals surface area contributed by atoms with Crippen molar-refractivity contribution in [2.75, 3.05) is 19.6 Å². The van der Waals surface area contributed by atoms with Gasteiger partial charge in [-0.05, 0) is 29.7 Å². The number of nitrogens with two attached hydrogens (primary N) is 1. The normalized spacial score (nSPS) is 14.7. The fourth-order valence-corrected chi connectivity index (χ4v) is 3.04. The van der Waals surface area contributed by atoms with Crippen LogP contribution in [0.1, 0.15) is 11.1 Å². The minimum atomic E-state index is -0.769. The summed E-state index contributed by atoms with van der Waals surface area (Å²) in [6, 6.07) is 1.87. The summed E-state index contributed by atoms with van der Waals surface area (Å²) in [6.07, 6.45) is 0.281. The number of primary amides is 1. The Labute approximate surface area is 141 Å². The molecule has 0 aromatic heterocycles. The van der Waals surface area contributed by atoms with Crippen LogP contribution in [0.15, 0.2) is 12.1 Å². The molecule has 1 fully saturated rings. The Balaban J connectivity index is 2.09. The van der Waals surface area contributed by atoms with Gasteiger partial charge in [0.05, 0.1) is 0 Å². The summed E-state index contributed by atoms with van der Waals surface area (Å²) >= 11 is 11.8. The second kappa shape index (κ2) is 7.14. The van der Waals surface area contributed by atoms with Gasteiger partial charge in [-0.1, -0.05) is 11.6 Å². The first-order chi connectivity index (χ1) is 10.8. The number of nitrogens with zero attached hydrogens (tertiary/aromatic N) is 2. The van der Waals surface area contributed by atoms with Crippen molar-refractivity contribution in [3.05, 3.63) is 34.1 Å². The lowest BCUT2D eigenvalue weighted by Gasteiger charge is -2.17. The van der Waals surface area contributed by atoms with Crippen LogP contribution in [0.3, 0.4) is 0 Å². The quantitative estimate of drug-likeness (QED) is 0.615. The molecule has 0 saturated carbocycles. The molecule has 9 heteroatoms. The monoisotopic (exact) mass is 361 g/mol. The Morgan fingerprint density at radius 3 is 2.65 bits per heavy atom. The summed E-state index contributed by atoms with van der Waals surface area (Å²) in [6.45, 7) is -0.429. The summed E-state index contributed by atoms with van der Waals surface area (Å²) in [4.78, 5) is 36.7. The molecule has 0 spiro atoms. The van der Waals surface area contributed by atoms with Gasteiger partial charge in [0.2, 0.25) is 5.91 Å². The zero-order valence-electron chi connectivity index (χ0n) is 12.0. The van der Waals surface area contributed by atoms with Crippen molar-refractivity contribution in [3.8, 4) is 0 Å². The Morgan fingerprint density at radius 2 is 2.04 bits per heavy atom. The highest BCUT2D eigenvalue weighted by Gasteiger charge is 2.36. The van der Waals surface area contributed by atoms with Gasteiger partial charge < -0.3 is 10.6 Å². The van der Waals surface area contributed by atoms with Crippen molar-refractivity contribution in [1.82, 2.24) is 9.80 Å². The molecule has 6 nitrogen and oxygen atoms in total. The van der Waals surface area contributed by atoms with E-state index in [4.69, 9.17) is 28.9 Å². The molecule has 2 N–H and O–H groups in total. The van der Waals surface area contributed by atoms with Crippen LogP contribution in [0.5, 0.6) is 0 Å². The second-order valence-electron chi connectivity index (χ2n) is 5.06. The van der Waals surface area contributed by atoms with Gasteiger partial charge >= 0.3 is 6.03 Å². The maximum absolute atomic E-state index is 13.5. The van der Waals surface area contributed by atoms with Crippen molar-refractivity contribution in [3.63, 3.8) is 0 Å². The van der Waals surface area contributed by atoms with Gasteiger partial charge in [-0.25, -0.2) is 9.18 Å². The number of carbonyl (C=O) groups is 3. The number of hydrogen-bond donors (Lipinski definition) is 1. The van der Waals surface area contributed by atoms with E-state index >= 15 is 0 Å². The average molecular weight is 362 g/mol. The predicted molar refractivity (Wildman–Crippen MR) is 82.5 cm³/mol. The molecule has 0 atom stereocenters. The van der Waals surface area contributed by atoms with E-state index in [-0.39, 0.29) is 30.4 Å². The molecular formula is C14H14Cl2FN3O3. The Morgan fingerprint density at radius 1 is 1.35 bits per heavy atom. The van der Waals surface area contributed by atoms with Gasteiger partial charge in [-0.3, -0.25) is 14.5 Å². The van der Waals surface area contributed by atoms with Gasteiger partial charge in [0, 0.05) is 17.4 Å². The van der Waals surface area contributed by atoms with E-state index in [9.17, 15) is 18.8 Å². The van der Waals surface area contributed by atoms with Crippen molar-refractivity contribution in [2.45, 2.75) is 12.3 Å². The van der Waals surface area contributed by atoms with Crippen molar-refractivity contribution >= 4 is 41.0 Å². The first-order valence-corrected chi connectivity index (χ1v) is 7.65. The zero-order valence-corrected chi connectivity index (χ0v) is 13.5. The second-order valence-corrected chi connectivity index (χ2v) is 5.73. The van der Waals surface area contributed by atoms with E-state index in [1.54, 1.807) is 0 Å². The standard InChI is InChI=1S/C14H14Cl2FN3O3/c15-5-10-8(3-9(17)4-11(10)16)1-2-19-7-13(22)20(14(19)23)6-12(18)21/h3-4H,1-2,5-7H2,(H2,18,21). The fourth-order valence-electron chi connectivity index (χ4n) is 2.36. The predicted octanol–water partition coefficient (Wildman–Crippen LogP) is 1.51. The molecule has 1 heterocycles. The number of urea groups is 1. The third-order valence-corrected chi connectivity index (χ3v) is 4.08. The van der Waals surface area contributed by atoms with Crippen molar-refractivity contribution in [2.24, 2.45) is 5.73 Å². The zero-order chi connectivity index (χ0) is 17.1. The van der Waals surface area contributed by atoms with E-state index in [2.05, 4.69) is 0 Å². The Hall–Kier alpha value is -1.86. The van der Waals surface area contributed by atoms with E-state index in [1.165, 1.54) is 17.0 Å². The highest BCUT2D eigenvalue weighted by molar-refractivity contribution is 6.32. The number of imide groups is 1. The average Bonchev–Trinajstić information content (AvgIpc) is 2.72. The highest BCUT2D eigenvalue weighted by atomic mass is 35.5. The van der Waals surface area contributed by atoms with Crippen molar-refractivity contribution in [1.29, 1.82) is 0 Å². The molecule has 2 rings (SSSR count). The van der Waals surface area contributed by atoms with Crippen LogP contribution >= 0.6 is 23.2 Å². The summed E-state index contributed by atoms with van der Waals surface area (Å²) in [5.41, 5.74) is 6.16. The van der Waals surface area contributed by atoms with Gasteiger partial charge in [-0.15, -0.1) is 11.6 Å². The summed E-state index contributed by atoms with van der Waals surface area (Å²) < 4.78 is 13.5. The lowest BCUT2D eigenvalue weighted by molar-refractivity contribution is -0.129. The molecular weight excluding hydrogens is 348 g/mol. The number of benzene rings is 1. The Bertz CT molecular complexity index is 669. The molecule has 0 aliphatic carbocycles. The maximum Gasteiger partial charge on any atom is 0.327 e. The van der Waals surface area contributed by atoms with Crippen LogP contribution in [-0.4, -0.2) is 47.3 Å². The Kier molecular flexibility index (Phi) is 5.43. The summed E-state index contributed by atoms with van der Waals surface area (Å²) in [5.74, 6) is -1.66. The van der Waals surface area contributed by atoms with Gasteiger partial charge in [0.1, 0.15) is 18.9 Å². The molecule has 23 heavy (non-hydrogen) atoms. The maximum atomic E-state index is 13.5. The minimum Gasteiger partial charge on any atom is -0.368 e. The molecule has 1 saturated heterocycles. The third kappa shape index (κ3) is 3.92. The number of halogens is 3. The van der Waals surface area contributed by atoms with Gasteiger partial charge in [-0.2, -0.15) is 0 Å². The molecule has 1 aliphatic rings. The molecule has 1 aromatic rings. The van der Waals surface area contributed by atoms with Crippen LogP contribution < -0.4 is 5.73 Å². The number of amides is 4. The molecule has 1 aromatic carbocycles. The van der Waals surface area contributed by atoms with E-state index in [0.717, 1.165) is 4.90 Å². The molecule has 1 aliphatic heterocycles. The smallest absolute Gasteiger partial charge is 0.327 e. The van der Waals surface area contributed by atoms with Crippen LogP contribution in [-0.2, 0) is 21.9 Å². The SMILES string of the molecule is NC(=O)CN1C(=O)CN(CCc2cc(F)cc(Cl)c2CCl)C1=O. The molecule has 124 valence electrons. The number of carbonyl (C=O) groups excluding carboxylic acids is 3. The van der Waals surface area contributed by atoms with E-state index < -0.39 is 30.2 Å². The topological polar surface area (TPSA) is 83.7 Å². The highest BCUT2D eigenvalue weighted by Crippen LogP contribution is 2.25. The van der Waals surface area contributed by atoms with Gasteiger partial charge in [0.25, 0.3) is 5.91 Å². The van der Waals surface area contributed by atoms with Crippen LogP contribution in [0, 0.1) is 5.82 Å². The van der Waals surface area contributed by atoms with E-state index in [0.29, 0.717) is 11.1 Å². The van der Waals surface area contributed by atoms with Crippen LogP contribution in [0.2, 0.25) is 5.02 Å². The van der Waals surface area contributed by atoms with Crippen LogP contribution in [0.4, 0.5) is 9.18 Å². The lowest BCUT2D eigenvalue weighted by Crippen LogP contribution is -2.39. The number of rotatable bonds is 6. The van der Waals surface area contributed by atoms with Gasteiger partial charge in [0.15, 0.2) is 0 Å². The molecule has 0 bridgehead atoms.